The molecule has 0 fully saturated rings. The zero-order chi connectivity index (χ0) is 16.7. The monoisotopic (exact) mass is 322 g/mol. The fourth-order valence-corrected chi connectivity index (χ4v) is 3.14. The SMILES string of the molecule is Cc1[nH]nc2c1c(=O)n(CCCN)c1ccc(-c3cnc[nH]3)cc21. The van der Waals surface area contributed by atoms with Crippen molar-refractivity contribution >= 4 is 21.8 Å². The van der Waals surface area contributed by atoms with Crippen molar-refractivity contribution in [3.8, 4) is 11.3 Å². The largest absolute Gasteiger partial charge is 0.345 e. The lowest BCUT2D eigenvalue weighted by Crippen LogP contribution is -2.22. The summed E-state index contributed by atoms with van der Waals surface area (Å²) >= 11 is 0. The van der Waals surface area contributed by atoms with Gasteiger partial charge in [0.1, 0.15) is 5.52 Å². The predicted octanol–water partition coefficient (Wildman–Crippen LogP) is 1.93. The third-order valence-electron chi connectivity index (χ3n) is 4.34. The lowest BCUT2D eigenvalue weighted by molar-refractivity contribution is 0.654. The van der Waals surface area contributed by atoms with Gasteiger partial charge in [0.2, 0.25) is 0 Å². The fraction of sp³-hybridized carbons (Fsp3) is 0.235. The number of aromatic amines is 2. The number of nitrogens with two attached hydrogens (primary N) is 1. The first-order chi connectivity index (χ1) is 11.7. The molecule has 1 aromatic carbocycles. The predicted molar refractivity (Wildman–Crippen MR) is 93.8 cm³/mol. The van der Waals surface area contributed by atoms with Crippen molar-refractivity contribution in [2.45, 2.75) is 19.9 Å². The third kappa shape index (κ3) is 2.13. The van der Waals surface area contributed by atoms with Crippen LogP contribution in [0.25, 0.3) is 33.1 Å². The summed E-state index contributed by atoms with van der Waals surface area (Å²) in [7, 11) is 0. The summed E-state index contributed by atoms with van der Waals surface area (Å²) in [6.45, 7) is 3.01. The highest BCUT2D eigenvalue weighted by molar-refractivity contribution is 6.05. The number of fused-ring (bicyclic) bond motifs is 3. The van der Waals surface area contributed by atoms with E-state index >= 15 is 0 Å². The Morgan fingerprint density at radius 1 is 1.33 bits per heavy atom. The zero-order valence-electron chi connectivity index (χ0n) is 13.3. The smallest absolute Gasteiger partial charge is 0.262 e. The Morgan fingerprint density at radius 2 is 2.21 bits per heavy atom. The third-order valence-corrected chi connectivity index (χ3v) is 4.34. The average Bonchev–Trinajstić information content (AvgIpc) is 3.24. The first kappa shape index (κ1) is 14.6. The van der Waals surface area contributed by atoms with Crippen LogP contribution >= 0.6 is 0 Å². The number of hydrogen-bond donors (Lipinski definition) is 3. The van der Waals surface area contributed by atoms with Crippen LogP contribution in [-0.2, 0) is 6.54 Å². The van der Waals surface area contributed by atoms with Crippen molar-refractivity contribution in [2.24, 2.45) is 5.73 Å². The Labute approximate surface area is 137 Å². The van der Waals surface area contributed by atoms with E-state index in [1.165, 1.54) is 0 Å². The summed E-state index contributed by atoms with van der Waals surface area (Å²) in [5.41, 5.74) is 9.91. The number of benzene rings is 1. The number of rotatable bonds is 4. The summed E-state index contributed by atoms with van der Waals surface area (Å²) in [4.78, 5) is 20.1. The van der Waals surface area contributed by atoms with Gasteiger partial charge in [-0.1, -0.05) is 6.07 Å². The maximum Gasteiger partial charge on any atom is 0.262 e. The highest BCUT2D eigenvalue weighted by atomic mass is 16.1. The topological polar surface area (TPSA) is 105 Å². The zero-order valence-corrected chi connectivity index (χ0v) is 13.3. The van der Waals surface area contributed by atoms with Crippen molar-refractivity contribution in [2.75, 3.05) is 6.54 Å². The maximum atomic E-state index is 12.9. The minimum Gasteiger partial charge on any atom is -0.345 e. The fourth-order valence-electron chi connectivity index (χ4n) is 3.14. The average molecular weight is 322 g/mol. The molecule has 4 N–H and O–H groups in total. The molecule has 4 aromatic rings. The molecule has 0 aliphatic carbocycles. The van der Waals surface area contributed by atoms with Gasteiger partial charge in [-0.15, -0.1) is 0 Å². The molecular formula is C17H18N6O. The van der Waals surface area contributed by atoms with Crippen LogP contribution in [0.2, 0.25) is 0 Å². The molecule has 0 amide bonds. The van der Waals surface area contributed by atoms with E-state index in [0.29, 0.717) is 24.0 Å². The second kappa shape index (κ2) is 5.61. The molecule has 122 valence electrons. The number of H-pyrrole nitrogens is 2. The molecule has 3 heterocycles. The molecule has 0 aliphatic heterocycles. The maximum absolute atomic E-state index is 12.9. The van der Waals surface area contributed by atoms with Gasteiger partial charge < -0.3 is 15.3 Å². The van der Waals surface area contributed by atoms with Crippen molar-refractivity contribution < 1.29 is 0 Å². The Bertz CT molecular complexity index is 1070. The number of aromatic nitrogens is 5. The van der Waals surface area contributed by atoms with Crippen LogP contribution in [0, 0.1) is 6.92 Å². The molecule has 0 aliphatic rings. The number of pyridine rings is 1. The molecule has 0 saturated carbocycles. The van der Waals surface area contributed by atoms with E-state index in [4.69, 9.17) is 5.73 Å². The Kier molecular flexibility index (Phi) is 3.42. The molecular weight excluding hydrogens is 304 g/mol. The van der Waals surface area contributed by atoms with Gasteiger partial charge in [-0.05, 0) is 32.0 Å². The molecule has 7 heteroatoms. The highest BCUT2D eigenvalue weighted by Gasteiger charge is 2.16. The quantitative estimate of drug-likeness (QED) is 0.534. The van der Waals surface area contributed by atoms with Crippen LogP contribution in [0.5, 0.6) is 0 Å². The van der Waals surface area contributed by atoms with Gasteiger partial charge in [0, 0.05) is 23.2 Å². The van der Waals surface area contributed by atoms with Crippen molar-refractivity contribution in [1.29, 1.82) is 0 Å². The van der Waals surface area contributed by atoms with Gasteiger partial charge in [-0.3, -0.25) is 9.89 Å². The molecule has 4 rings (SSSR count). The van der Waals surface area contributed by atoms with Crippen molar-refractivity contribution in [3.63, 3.8) is 0 Å². The van der Waals surface area contributed by atoms with E-state index in [2.05, 4.69) is 20.2 Å². The van der Waals surface area contributed by atoms with Crippen LogP contribution in [0.1, 0.15) is 12.1 Å². The summed E-state index contributed by atoms with van der Waals surface area (Å²) in [5, 5.41) is 8.88. The van der Waals surface area contributed by atoms with E-state index in [1.54, 1.807) is 17.1 Å². The van der Waals surface area contributed by atoms with Crippen LogP contribution < -0.4 is 11.3 Å². The van der Waals surface area contributed by atoms with Gasteiger partial charge in [0.05, 0.1) is 29.1 Å². The second-order valence-corrected chi connectivity index (χ2v) is 5.87. The molecule has 0 unspecified atom stereocenters. The Hall–Kier alpha value is -2.93. The molecule has 0 spiro atoms. The molecule has 7 nitrogen and oxygen atoms in total. The number of nitrogens with one attached hydrogen (secondary N) is 2. The summed E-state index contributed by atoms with van der Waals surface area (Å²) in [5.74, 6) is 0. The standard InChI is InChI=1S/C17H18N6O/c1-10-15-16(22-21-10)12-7-11(13-8-19-9-20-13)3-4-14(12)23(17(15)24)6-2-5-18/h3-4,7-9H,2,5-6,18H2,1H3,(H,19,20)(H,21,22). The van der Waals surface area contributed by atoms with E-state index in [-0.39, 0.29) is 5.56 Å². The van der Waals surface area contributed by atoms with Gasteiger partial charge in [-0.25, -0.2) is 4.98 Å². The number of nitrogens with zero attached hydrogens (tertiary/aromatic N) is 3. The first-order valence-corrected chi connectivity index (χ1v) is 7.90. The van der Waals surface area contributed by atoms with E-state index in [9.17, 15) is 4.79 Å². The molecule has 0 saturated heterocycles. The molecule has 0 radical (unpaired) electrons. The van der Waals surface area contributed by atoms with Gasteiger partial charge in [0.15, 0.2) is 0 Å². The highest BCUT2D eigenvalue weighted by Crippen LogP contribution is 2.27. The summed E-state index contributed by atoms with van der Waals surface area (Å²) in [6.07, 6.45) is 4.17. The van der Waals surface area contributed by atoms with Gasteiger partial charge in [0.25, 0.3) is 5.56 Å². The molecule has 3 aromatic heterocycles. The Morgan fingerprint density at radius 3 is 2.96 bits per heavy atom. The normalized spacial score (nSPS) is 11.6. The van der Waals surface area contributed by atoms with Crippen LogP contribution in [0.3, 0.4) is 0 Å². The second-order valence-electron chi connectivity index (χ2n) is 5.87. The van der Waals surface area contributed by atoms with E-state index < -0.39 is 0 Å². The van der Waals surface area contributed by atoms with Crippen LogP contribution in [-0.4, -0.2) is 31.3 Å². The minimum absolute atomic E-state index is 0.0218. The number of aryl methyl sites for hydroxylation is 2. The summed E-state index contributed by atoms with van der Waals surface area (Å²) < 4.78 is 1.80. The van der Waals surface area contributed by atoms with Gasteiger partial charge in [-0.2, -0.15) is 5.10 Å². The van der Waals surface area contributed by atoms with Crippen molar-refractivity contribution in [3.05, 3.63) is 46.8 Å². The first-order valence-electron chi connectivity index (χ1n) is 7.90. The van der Waals surface area contributed by atoms with Crippen molar-refractivity contribution in [1.82, 2.24) is 24.7 Å². The summed E-state index contributed by atoms with van der Waals surface area (Å²) in [6, 6.07) is 6.00. The molecule has 24 heavy (non-hydrogen) atoms. The van der Waals surface area contributed by atoms with E-state index in [1.807, 2.05) is 25.1 Å². The molecule has 0 bridgehead atoms. The minimum atomic E-state index is -0.0218. The van der Waals surface area contributed by atoms with E-state index in [0.717, 1.165) is 34.3 Å². The lowest BCUT2D eigenvalue weighted by Gasteiger charge is -2.12. The van der Waals surface area contributed by atoms with Crippen LogP contribution in [0.4, 0.5) is 0 Å². The lowest BCUT2D eigenvalue weighted by atomic mass is 10.1. The Balaban J connectivity index is 2.08. The van der Waals surface area contributed by atoms with Gasteiger partial charge >= 0.3 is 0 Å². The number of imidazole rings is 1. The molecule has 0 atom stereocenters. The number of hydrogen-bond acceptors (Lipinski definition) is 4. The van der Waals surface area contributed by atoms with Crippen LogP contribution in [0.15, 0.2) is 35.5 Å².